The van der Waals surface area contributed by atoms with Gasteiger partial charge in [0.2, 0.25) is 5.91 Å². The fraction of sp³-hybridized carbons (Fsp3) is 0.588. The van der Waals surface area contributed by atoms with E-state index in [9.17, 15) is 4.79 Å². The fourth-order valence-corrected chi connectivity index (χ4v) is 3.25. The number of rotatable bonds is 4. The number of hydrogen-bond acceptors (Lipinski definition) is 3. The van der Waals surface area contributed by atoms with Gasteiger partial charge in [-0.1, -0.05) is 13.0 Å². The van der Waals surface area contributed by atoms with Crippen molar-refractivity contribution < 1.29 is 9.53 Å². The quantitative estimate of drug-likeness (QED) is 0.894. The minimum absolute atomic E-state index is 0. The lowest BCUT2D eigenvalue weighted by Gasteiger charge is -2.34. The number of hydrogen-bond donors (Lipinski definition) is 2. The molecule has 2 N–H and O–H groups in total. The second kappa shape index (κ2) is 7.34. The van der Waals surface area contributed by atoms with Crippen molar-refractivity contribution in [2.75, 3.05) is 20.2 Å². The van der Waals surface area contributed by atoms with Crippen LogP contribution in [0.15, 0.2) is 18.2 Å². The van der Waals surface area contributed by atoms with Gasteiger partial charge in [-0.3, -0.25) is 4.79 Å². The molecule has 0 bridgehead atoms. The van der Waals surface area contributed by atoms with E-state index in [0.717, 1.165) is 38.1 Å². The summed E-state index contributed by atoms with van der Waals surface area (Å²) in [7, 11) is 1.69. The maximum absolute atomic E-state index is 12.4. The molecule has 1 heterocycles. The lowest BCUT2D eigenvalue weighted by atomic mass is 9.85. The first-order valence-corrected chi connectivity index (χ1v) is 7.87. The molecule has 1 saturated heterocycles. The van der Waals surface area contributed by atoms with Gasteiger partial charge in [-0.05, 0) is 61.5 Å². The lowest BCUT2D eigenvalue weighted by Crippen LogP contribution is -2.50. The van der Waals surface area contributed by atoms with Gasteiger partial charge in [-0.2, -0.15) is 0 Å². The van der Waals surface area contributed by atoms with Gasteiger partial charge in [0.25, 0.3) is 0 Å². The highest BCUT2D eigenvalue weighted by Gasteiger charge is 2.31. The molecule has 5 heteroatoms. The number of carbonyl (C=O) groups excluding carboxylic acids is 1. The number of ether oxygens (including phenoxy) is 1. The summed E-state index contributed by atoms with van der Waals surface area (Å²) in [6.07, 6.45) is 3.21. The molecule has 22 heavy (non-hydrogen) atoms. The molecule has 0 radical (unpaired) electrons. The molecule has 1 aliphatic carbocycles. The third-order valence-electron chi connectivity index (χ3n) is 4.91. The molecule has 0 spiro atoms. The van der Waals surface area contributed by atoms with Crippen LogP contribution in [0.25, 0.3) is 0 Å². The van der Waals surface area contributed by atoms with E-state index in [0.29, 0.717) is 5.92 Å². The summed E-state index contributed by atoms with van der Waals surface area (Å²) in [6.45, 7) is 3.97. The van der Waals surface area contributed by atoms with Crippen LogP contribution < -0.4 is 15.4 Å². The van der Waals surface area contributed by atoms with Crippen molar-refractivity contribution in [2.24, 2.45) is 11.8 Å². The van der Waals surface area contributed by atoms with E-state index in [2.05, 4.69) is 22.8 Å². The molecule has 122 valence electrons. The minimum atomic E-state index is 0. The number of aryl methyl sites for hydroxylation is 1. The van der Waals surface area contributed by atoms with E-state index in [1.54, 1.807) is 7.11 Å². The number of fused-ring (bicyclic) bond motifs is 1. The minimum Gasteiger partial charge on any atom is -0.497 e. The molecular weight excluding hydrogens is 300 g/mol. The largest absolute Gasteiger partial charge is 0.497 e. The molecular formula is C17H25ClN2O2. The second-order valence-electron chi connectivity index (χ2n) is 6.23. The van der Waals surface area contributed by atoms with Crippen LogP contribution in [0.3, 0.4) is 0 Å². The summed E-state index contributed by atoms with van der Waals surface area (Å²) in [4.78, 5) is 12.4. The molecule has 2 aliphatic rings. The van der Waals surface area contributed by atoms with Crippen LogP contribution in [0.5, 0.6) is 5.75 Å². The monoisotopic (exact) mass is 324 g/mol. The Bertz CT molecular complexity index is 531. The summed E-state index contributed by atoms with van der Waals surface area (Å²) < 4.78 is 5.29. The van der Waals surface area contributed by atoms with E-state index >= 15 is 0 Å². The van der Waals surface area contributed by atoms with Gasteiger partial charge in [0.05, 0.1) is 13.2 Å². The van der Waals surface area contributed by atoms with Gasteiger partial charge >= 0.3 is 0 Å². The lowest BCUT2D eigenvalue weighted by molar-refractivity contribution is -0.127. The molecule has 1 aromatic carbocycles. The third-order valence-corrected chi connectivity index (χ3v) is 4.91. The Labute approximate surface area is 138 Å². The van der Waals surface area contributed by atoms with Crippen LogP contribution in [0.4, 0.5) is 0 Å². The molecule has 1 amide bonds. The number of methoxy groups -OCH3 is 1. The van der Waals surface area contributed by atoms with Crippen LogP contribution in [0, 0.1) is 11.8 Å². The molecule has 4 nitrogen and oxygen atoms in total. The molecule has 3 rings (SSSR count). The Hall–Kier alpha value is -1.26. The van der Waals surface area contributed by atoms with Crippen molar-refractivity contribution in [3.8, 4) is 5.75 Å². The van der Waals surface area contributed by atoms with Gasteiger partial charge in [0.15, 0.2) is 0 Å². The summed E-state index contributed by atoms with van der Waals surface area (Å²) >= 11 is 0. The van der Waals surface area contributed by atoms with Crippen molar-refractivity contribution in [3.05, 3.63) is 29.3 Å². The van der Waals surface area contributed by atoms with Crippen LogP contribution >= 0.6 is 12.4 Å². The zero-order valence-corrected chi connectivity index (χ0v) is 14.0. The SMILES string of the molecule is COc1ccc2c(c1)CCCC2NC(=O)C(C)C1CNC1.Cl. The van der Waals surface area contributed by atoms with Crippen molar-refractivity contribution in [1.82, 2.24) is 10.6 Å². The number of carbonyl (C=O) groups is 1. The Morgan fingerprint density at radius 3 is 2.82 bits per heavy atom. The number of nitrogens with one attached hydrogen (secondary N) is 2. The normalized spacial score (nSPS) is 21.8. The summed E-state index contributed by atoms with van der Waals surface area (Å²) in [5, 5.41) is 6.49. The van der Waals surface area contributed by atoms with Crippen LogP contribution in [-0.2, 0) is 11.2 Å². The van der Waals surface area contributed by atoms with E-state index in [4.69, 9.17) is 4.74 Å². The predicted octanol–water partition coefficient (Wildman–Crippen LogP) is 2.47. The van der Waals surface area contributed by atoms with Gasteiger partial charge in [0.1, 0.15) is 5.75 Å². The Balaban J connectivity index is 0.00000176. The zero-order chi connectivity index (χ0) is 14.8. The summed E-state index contributed by atoms with van der Waals surface area (Å²) in [5.41, 5.74) is 2.57. The van der Waals surface area contributed by atoms with E-state index in [1.165, 1.54) is 11.1 Å². The Morgan fingerprint density at radius 2 is 2.18 bits per heavy atom. The average Bonchev–Trinajstić information content (AvgIpc) is 2.45. The third kappa shape index (κ3) is 3.39. The van der Waals surface area contributed by atoms with Crippen LogP contribution in [-0.4, -0.2) is 26.1 Å². The van der Waals surface area contributed by atoms with Crippen molar-refractivity contribution >= 4 is 18.3 Å². The fourth-order valence-electron chi connectivity index (χ4n) is 3.25. The predicted molar refractivity (Wildman–Crippen MR) is 89.6 cm³/mol. The molecule has 1 fully saturated rings. The number of halogens is 1. The maximum atomic E-state index is 12.4. The number of amides is 1. The summed E-state index contributed by atoms with van der Waals surface area (Å²) in [6, 6.07) is 6.35. The van der Waals surface area contributed by atoms with Gasteiger partial charge in [0, 0.05) is 5.92 Å². The average molecular weight is 325 g/mol. The maximum Gasteiger partial charge on any atom is 0.223 e. The van der Waals surface area contributed by atoms with Crippen LogP contribution in [0.2, 0.25) is 0 Å². The van der Waals surface area contributed by atoms with Crippen molar-refractivity contribution in [3.63, 3.8) is 0 Å². The smallest absolute Gasteiger partial charge is 0.223 e. The summed E-state index contributed by atoms with van der Waals surface area (Å²) in [5.74, 6) is 1.67. The standard InChI is InChI=1S/C17H24N2O2.ClH/c1-11(13-9-18-10-13)17(20)19-16-5-3-4-12-8-14(21-2)6-7-15(12)16;/h6-8,11,13,16,18H,3-5,9-10H2,1-2H3,(H,19,20);1H. The highest BCUT2D eigenvalue weighted by Crippen LogP contribution is 2.32. The highest BCUT2D eigenvalue weighted by molar-refractivity contribution is 5.85. The molecule has 0 aromatic heterocycles. The Kier molecular flexibility index (Phi) is 5.70. The molecule has 1 aromatic rings. The van der Waals surface area contributed by atoms with Gasteiger partial charge in [-0.15, -0.1) is 12.4 Å². The van der Waals surface area contributed by atoms with Gasteiger partial charge < -0.3 is 15.4 Å². The van der Waals surface area contributed by atoms with Crippen molar-refractivity contribution in [2.45, 2.75) is 32.2 Å². The molecule has 2 unspecified atom stereocenters. The first-order chi connectivity index (χ1) is 10.2. The first-order valence-electron chi connectivity index (χ1n) is 7.87. The topological polar surface area (TPSA) is 50.4 Å². The first kappa shape index (κ1) is 17.1. The van der Waals surface area contributed by atoms with Crippen molar-refractivity contribution in [1.29, 1.82) is 0 Å². The molecule has 0 saturated carbocycles. The Morgan fingerprint density at radius 1 is 1.41 bits per heavy atom. The van der Waals surface area contributed by atoms with E-state index in [-0.39, 0.29) is 30.3 Å². The highest BCUT2D eigenvalue weighted by atomic mass is 35.5. The number of benzene rings is 1. The van der Waals surface area contributed by atoms with Gasteiger partial charge in [-0.25, -0.2) is 0 Å². The second-order valence-corrected chi connectivity index (χ2v) is 6.23. The molecule has 1 aliphatic heterocycles. The van der Waals surface area contributed by atoms with Crippen LogP contribution in [0.1, 0.15) is 36.9 Å². The zero-order valence-electron chi connectivity index (χ0n) is 13.2. The molecule has 2 atom stereocenters. The van der Waals surface area contributed by atoms with E-state index in [1.807, 2.05) is 13.0 Å². The van der Waals surface area contributed by atoms with E-state index < -0.39 is 0 Å².